The molecule has 0 fully saturated rings. The Kier molecular flexibility index (Phi) is 2.96. The number of rotatable bonds is 3. The van der Waals surface area contributed by atoms with Gasteiger partial charge in [-0.3, -0.25) is 0 Å². The van der Waals surface area contributed by atoms with Gasteiger partial charge in [0.1, 0.15) is 5.01 Å². The lowest BCUT2D eigenvalue weighted by Crippen LogP contribution is -1.95. The molecule has 0 amide bonds. The fourth-order valence-corrected chi connectivity index (χ4v) is 3.05. The van der Waals surface area contributed by atoms with E-state index in [1.807, 2.05) is 16.7 Å². The van der Waals surface area contributed by atoms with Crippen LogP contribution >= 0.6 is 22.7 Å². The van der Waals surface area contributed by atoms with Crippen LogP contribution in [-0.4, -0.2) is 4.98 Å². The number of nitrogens with zero attached hydrogens (tertiary/aromatic N) is 1. The molecule has 0 aliphatic heterocycles. The molecule has 0 radical (unpaired) electrons. The van der Waals surface area contributed by atoms with E-state index in [4.69, 9.17) is 5.73 Å². The van der Waals surface area contributed by atoms with Crippen molar-refractivity contribution < 1.29 is 0 Å². The molecule has 2 aromatic heterocycles. The molecule has 2 nitrogen and oxygen atoms in total. The summed E-state index contributed by atoms with van der Waals surface area (Å²) in [5.41, 5.74) is 6.50. The van der Waals surface area contributed by atoms with Gasteiger partial charge in [-0.15, -0.1) is 22.7 Å². The number of hydrogen-bond donors (Lipinski definition) is 1. The van der Waals surface area contributed by atoms with Gasteiger partial charge in [-0.05, 0) is 18.6 Å². The summed E-state index contributed by atoms with van der Waals surface area (Å²) in [4.78, 5) is 7.11. The Labute approximate surface area is 91.4 Å². The largest absolute Gasteiger partial charge is 0.325 e. The molecule has 0 unspecified atom stereocenters. The van der Waals surface area contributed by atoms with Crippen molar-refractivity contribution >= 4 is 22.7 Å². The van der Waals surface area contributed by atoms with Crippen LogP contribution in [0.25, 0.3) is 9.88 Å². The van der Waals surface area contributed by atoms with Crippen LogP contribution in [0.1, 0.15) is 17.5 Å². The van der Waals surface area contributed by atoms with Crippen molar-refractivity contribution in [3.63, 3.8) is 0 Å². The van der Waals surface area contributed by atoms with Crippen molar-refractivity contribution in [2.45, 2.75) is 19.9 Å². The minimum absolute atomic E-state index is 0.530. The first-order valence-corrected chi connectivity index (χ1v) is 6.26. The summed E-state index contributed by atoms with van der Waals surface area (Å²) in [6.07, 6.45) is 1.10. The second kappa shape index (κ2) is 4.21. The maximum atomic E-state index is 5.52. The van der Waals surface area contributed by atoms with Crippen molar-refractivity contribution in [2.24, 2.45) is 5.73 Å². The maximum absolute atomic E-state index is 5.52. The number of aromatic nitrogens is 1. The van der Waals surface area contributed by atoms with Crippen LogP contribution < -0.4 is 5.73 Å². The first-order chi connectivity index (χ1) is 6.83. The summed E-state index contributed by atoms with van der Waals surface area (Å²) in [6.45, 7) is 2.70. The molecule has 74 valence electrons. The molecule has 2 N–H and O–H groups in total. The molecule has 0 bridgehead atoms. The Morgan fingerprint density at radius 3 is 2.86 bits per heavy atom. The Bertz CT molecular complexity index is 377. The van der Waals surface area contributed by atoms with Gasteiger partial charge in [0.15, 0.2) is 0 Å². The SMILES string of the molecule is CCc1ccc(-c2nc(CN)cs2)s1. The van der Waals surface area contributed by atoms with E-state index in [0.29, 0.717) is 6.54 Å². The second-order valence-electron chi connectivity index (χ2n) is 2.97. The van der Waals surface area contributed by atoms with Gasteiger partial charge in [0.25, 0.3) is 0 Å². The predicted molar refractivity (Wildman–Crippen MR) is 62.7 cm³/mol. The highest BCUT2D eigenvalue weighted by molar-refractivity contribution is 7.21. The van der Waals surface area contributed by atoms with Gasteiger partial charge in [0, 0.05) is 16.8 Å². The van der Waals surface area contributed by atoms with Crippen LogP contribution in [0.5, 0.6) is 0 Å². The zero-order valence-corrected chi connectivity index (χ0v) is 9.62. The summed E-state index contributed by atoms with van der Waals surface area (Å²) < 4.78 is 0. The van der Waals surface area contributed by atoms with E-state index in [0.717, 1.165) is 17.1 Å². The first kappa shape index (κ1) is 9.83. The van der Waals surface area contributed by atoms with Crippen molar-refractivity contribution in [2.75, 3.05) is 0 Å². The zero-order valence-electron chi connectivity index (χ0n) is 7.99. The molecule has 2 aromatic rings. The molecule has 0 aromatic carbocycles. The van der Waals surface area contributed by atoms with Crippen molar-refractivity contribution in [3.05, 3.63) is 28.1 Å². The van der Waals surface area contributed by atoms with Gasteiger partial charge in [-0.25, -0.2) is 4.98 Å². The first-order valence-electron chi connectivity index (χ1n) is 4.57. The minimum Gasteiger partial charge on any atom is -0.325 e. The average Bonchev–Trinajstić information content (AvgIpc) is 2.86. The molecule has 0 saturated heterocycles. The molecule has 2 rings (SSSR count). The highest BCUT2D eigenvalue weighted by Gasteiger charge is 2.06. The molecular formula is C10H12N2S2. The third kappa shape index (κ3) is 1.87. The predicted octanol–water partition coefficient (Wildman–Crippen LogP) is 2.89. The monoisotopic (exact) mass is 224 g/mol. The number of thiazole rings is 1. The van der Waals surface area contributed by atoms with Gasteiger partial charge in [-0.2, -0.15) is 0 Å². The van der Waals surface area contributed by atoms with Gasteiger partial charge in [-0.1, -0.05) is 6.92 Å². The maximum Gasteiger partial charge on any atom is 0.133 e. The lowest BCUT2D eigenvalue weighted by atomic mass is 10.4. The summed E-state index contributed by atoms with van der Waals surface area (Å²) >= 11 is 3.49. The third-order valence-corrected chi connectivity index (χ3v) is 4.27. The minimum atomic E-state index is 0.530. The van der Waals surface area contributed by atoms with Gasteiger partial charge in [0.05, 0.1) is 10.6 Å². The quantitative estimate of drug-likeness (QED) is 0.870. The van der Waals surface area contributed by atoms with E-state index in [1.54, 1.807) is 11.3 Å². The van der Waals surface area contributed by atoms with E-state index in [2.05, 4.69) is 24.0 Å². The van der Waals surface area contributed by atoms with Crippen molar-refractivity contribution in [3.8, 4) is 9.88 Å². The molecule has 2 heterocycles. The lowest BCUT2D eigenvalue weighted by Gasteiger charge is -1.88. The summed E-state index contributed by atoms with van der Waals surface area (Å²) in [5, 5.41) is 3.12. The number of nitrogens with two attached hydrogens (primary N) is 1. The second-order valence-corrected chi connectivity index (χ2v) is 4.99. The lowest BCUT2D eigenvalue weighted by molar-refractivity contribution is 1.01. The Balaban J connectivity index is 2.29. The molecule has 0 saturated carbocycles. The van der Waals surface area contributed by atoms with E-state index in [-0.39, 0.29) is 0 Å². The average molecular weight is 224 g/mol. The highest BCUT2D eigenvalue weighted by atomic mass is 32.1. The standard InChI is InChI=1S/C10H12N2S2/c1-2-8-3-4-9(14-8)10-12-7(5-11)6-13-10/h3-4,6H,2,5,11H2,1H3. The molecule has 4 heteroatoms. The fourth-order valence-electron chi connectivity index (χ4n) is 1.20. The van der Waals surface area contributed by atoms with Crippen molar-refractivity contribution in [1.82, 2.24) is 4.98 Å². The van der Waals surface area contributed by atoms with Crippen LogP contribution in [-0.2, 0) is 13.0 Å². The molecule has 14 heavy (non-hydrogen) atoms. The summed E-state index contributed by atoms with van der Waals surface area (Å²) in [7, 11) is 0. The Hall–Kier alpha value is -0.710. The Morgan fingerprint density at radius 2 is 2.29 bits per heavy atom. The van der Waals surface area contributed by atoms with E-state index >= 15 is 0 Å². The fraction of sp³-hybridized carbons (Fsp3) is 0.300. The van der Waals surface area contributed by atoms with Crippen LogP contribution in [0.3, 0.4) is 0 Å². The van der Waals surface area contributed by atoms with E-state index < -0.39 is 0 Å². The van der Waals surface area contributed by atoms with Crippen LogP contribution in [0.2, 0.25) is 0 Å². The number of hydrogen-bond acceptors (Lipinski definition) is 4. The normalized spacial score (nSPS) is 10.7. The van der Waals surface area contributed by atoms with Crippen LogP contribution in [0.4, 0.5) is 0 Å². The van der Waals surface area contributed by atoms with Gasteiger partial charge >= 0.3 is 0 Å². The summed E-state index contributed by atoms with van der Waals surface area (Å²) in [5.74, 6) is 0. The molecular weight excluding hydrogens is 212 g/mol. The van der Waals surface area contributed by atoms with Crippen LogP contribution in [0, 0.1) is 0 Å². The van der Waals surface area contributed by atoms with Gasteiger partial charge < -0.3 is 5.73 Å². The van der Waals surface area contributed by atoms with E-state index in [9.17, 15) is 0 Å². The molecule has 0 spiro atoms. The Morgan fingerprint density at radius 1 is 1.43 bits per heavy atom. The van der Waals surface area contributed by atoms with E-state index in [1.165, 1.54) is 9.75 Å². The number of aryl methyl sites for hydroxylation is 1. The van der Waals surface area contributed by atoms with Crippen molar-refractivity contribution in [1.29, 1.82) is 0 Å². The zero-order chi connectivity index (χ0) is 9.97. The van der Waals surface area contributed by atoms with Crippen LogP contribution in [0.15, 0.2) is 17.5 Å². The third-order valence-electron chi connectivity index (χ3n) is 1.98. The highest BCUT2D eigenvalue weighted by Crippen LogP contribution is 2.30. The topological polar surface area (TPSA) is 38.9 Å². The molecule has 0 atom stereocenters. The summed E-state index contributed by atoms with van der Waals surface area (Å²) in [6, 6.07) is 4.31. The molecule has 0 aliphatic rings. The van der Waals surface area contributed by atoms with Gasteiger partial charge in [0.2, 0.25) is 0 Å². The smallest absolute Gasteiger partial charge is 0.133 e. The molecule has 0 aliphatic carbocycles. The number of thiophene rings is 1.